The van der Waals surface area contributed by atoms with E-state index in [0.29, 0.717) is 5.46 Å². The topological polar surface area (TPSA) is 40.5 Å². The average molecular weight is 1060 g/mol. The number of hydrogen-bond acceptors (Lipinski definition) is 2. The lowest BCUT2D eigenvalue weighted by atomic mass is 9.68. The molecular weight excluding hydrogens is 956 g/mol. The Morgan fingerprint density at radius 1 is 0.278 bits per heavy atom. The van der Waals surface area contributed by atoms with Crippen LogP contribution in [-0.2, 0) is 16.2 Å². The van der Waals surface area contributed by atoms with Crippen LogP contribution in [0.3, 0.4) is 0 Å². The Kier molecular flexibility index (Phi) is 22.0. The largest absolute Gasteiger partial charge is 0.488 e. The van der Waals surface area contributed by atoms with Crippen molar-refractivity contribution in [3.8, 4) is 55.6 Å². The molecule has 6 aromatic rings. The summed E-state index contributed by atoms with van der Waals surface area (Å²) in [4.78, 5) is 0. The van der Waals surface area contributed by atoms with Crippen molar-refractivity contribution in [3.63, 3.8) is 0 Å². The van der Waals surface area contributed by atoms with Crippen molar-refractivity contribution in [1.82, 2.24) is 0 Å². The minimum Gasteiger partial charge on any atom is -0.423 e. The first-order valence-corrected chi connectivity index (χ1v) is 32.9. The van der Waals surface area contributed by atoms with Gasteiger partial charge in [0.1, 0.15) is 0 Å². The zero-order valence-electron chi connectivity index (χ0n) is 50.9. The van der Waals surface area contributed by atoms with Crippen molar-refractivity contribution in [2.24, 2.45) is 0 Å². The van der Waals surface area contributed by atoms with Crippen LogP contribution in [0.2, 0.25) is 0 Å². The van der Waals surface area contributed by atoms with Gasteiger partial charge in [0, 0.05) is 16.2 Å². The molecule has 3 aliphatic rings. The Labute approximate surface area is 482 Å². The van der Waals surface area contributed by atoms with Gasteiger partial charge in [0.15, 0.2) is 0 Å². The van der Waals surface area contributed by atoms with Crippen LogP contribution in [0.15, 0.2) is 115 Å². The van der Waals surface area contributed by atoms with Crippen LogP contribution < -0.4 is 5.46 Å². The van der Waals surface area contributed by atoms with E-state index < -0.39 is 7.12 Å². The van der Waals surface area contributed by atoms with Gasteiger partial charge in [-0.05, 0) is 157 Å². The molecule has 0 aliphatic heterocycles. The zero-order chi connectivity index (χ0) is 55.8. The van der Waals surface area contributed by atoms with E-state index in [1.54, 1.807) is 22.3 Å². The summed E-state index contributed by atoms with van der Waals surface area (Å²) >= 11 is 0. The van der Waals surface area contributed by atoms with Gasteiger partial charge in [-0.25, -0.2) is 0 Å². The molecule has 0 aromatic heterocycles. The molecular formula is C76H103BO2. The SMILES string of the molecule is CC.CCCCCCC1(CCCCC)c2cc(-c3ccc4c(c3)C(CCCCCC)(CCCCCC)c3ccccc3-4)ccc2-c2ccc(-c3ccc4c(c3)C(CCCCCC)(CCCCCC)c3cc(B(O)O)ccc3-4)cc21. The summed E-state index contributed by atoms with van der Waals surface area (Å²) in [7, 11) is -1.48. The highest BCUT2D eigenvalue weighted by atomic mass is 16.4. The number of hydrogen-bond donors (Lipinski definition) is 2. The molecule has 2 N–H and O–H groups in total. The second kappa shape index (κ2) is 28.8. The fourth-order valence-electron chi connectivity index (χ4n) is 15.3. The smallest absolute Gasteiger partial charge is 0.423 e. The number of benzene rings is 6. The second-order valence-electron chi connectivity index (χ2n) is 24.5. The van der Waals surface area contributed by atoms with Gasteiger partial charge in [0.05, 0.1) is 0 Å². The van der Waals surface area contributed by atoms with Crippen molar-refractivity contribution >= 4 is 12.6 Å². The Balaban J connectivity index is 0.00000406. The molecule has 79 heavy (non-hydrogen) atoms. The van der Waals surface area contributed by atoms with Crippen LogP contribution in [0, 0.1) is 0 Å². The molecule has 0 bridgehead atoms. The lowest BCUT2D eigenvalue weighted by Crippen LogP contribution is -2.32. The van der Waals surface area contributed by atoms with E-state index in [1.165, 1.54) is 240 Å². The van der Waals surface area contributed by atoms with Gasteiger partial charge >= 0.3 is 7.12 Å². The van der Waals surface area contributed by atoms with E-state index >= 15 is 0 Å². The first kappa shape index (κ1) is 60.4. The van der Waals surface area contributed by atoms with Crippen LogP contribution in [-0.4, -0.2) is 17.2 Å². The van der Waals surface area contributed by atoms with Crippen molar-refractivity contribution in [1.29, 1.82) is 0 Å². The molecule has 0 saturated carbocycles. The summed E-state index contributed by atoms with van der Waals surface area (Å²) in [5, 5.41) is 21.1. The summed E-state index contributed by atoms with van der Waals surface area (Å²) in [6, 6.07) is 46.1. The van der Waals surface area contributed by atoms with E-state index in [4.69, 9.17) is 0 Å². The van der Waals surface area contributed by atoms with Crippen molar-refractivity contribution in [2.45, 2.75) is 258 Å². The Morgan fingerprint density at radius 3 is 0.848 bits per heavy atom. The predicted molar refractivity (Wildman–Crippen MR) is 345 cm³/mol. The van der Waals surface area contributed by atoms with Gasteiger partial charge in [0.25, 0.3) is 0 Å². The normalized spacial score (nSPS) is 15.7. The van der Waals surface area contributed by atoms with Gasteiger partial charge < -0.3 is 10.0 Å². The van der Waals surface area contributed by atoms with E-state index in [1.807, 2.05) is 19.9 Å². The van der Waals surface area contributed by atoms with Crippen LogP contribution >= 0.6 is 0 Å². The molecule has 0 amide bonds. The quantitative estimate of drug-likeness (QED) is 0.0326. The molecule has 0 spiro atoms. The minimum absolute atomic E-state index is 0.0605. The lowest BCUT2D eigenvalue weighted by molar-refractivity contribution is 0.400. The summed E-state index contributed by atoms with van der Waals surface area (Å²) in [5.41, 5.74) is 23.3. The number of unbranched alkanes of at least 4 members (excludes halogenated alkanes) is 17. The van der Waals surface area contributed by atoms with Gasteiger partial charge in [-0.1, -0.05) is 294 Å². The molecule has 0 fully saturated rings. The third-order valence-corrected chi connectivity index (χ3v) is 19.5. The fourth-order valence-corrected chi connectivity index (χ4v) is 15.3. The summed E-state index contributed by atoms with van der Waals surface area (Å²) < 4.78 is 0. The molecule has 2 nitrogen and oxygen atoms in total. The molecule has 3 aliphatic carbocycles. The van der Waals surface area contributed by atoms with E-state index in [0.717, 1.165) is 12.8 Å². The fraction of sp³-hybridized carbons (Fsp3) is 0.526. The van der Waals surface area contributed by atoms with Crippen molar-refractivity contribution in [3.05, 3.63) is 149 Å². The highest BCUT2D eigenvalue weighted by Gasteiger charge is 2.46. The molecule has 0 saturated heterocycles. The summed E-state index contributed by atoms with van der Waals surface area (Å²) in [6.45, 7) is 18.0. The minimum atomic E-state index is -1.48. The van der Waals surface area contributed by atoms with E-state index in [9.17, 15) is 10.0 Å². The molecule has 0 heterocycles. The molecule has 0 radical (unpaired) electrons. The summed E-state index contributed by atoms with van der Waals surface area (Å²) in [5.74, 6) is 0. The van der Waals surface area contributed by atoms with Crippen LogP contribution in [0.4, 0.5) is 0 Å². The van der Waals surface area contributed by atoms with Crippen LogP contribution in [0.1, 0.15) is 275 Å². The maximum Gasteiger partial charge on any atom is 0.488 e. The van der Waals surface area contributed by atoms with Crippen molar-refractivity contribution in [2.75, 3.05) is 0 Å². The van der Waals surface area contributed by atoms with E-state index in [2.05, 4.69) is 151 Å². The van der Waals surface area contributed by atoms with Gasteiger partial charge in [-0.15, -0.1) is 0 Å². The monoisotopic (exact) mass is 1060 g/mol. The molecule has 1 atom stereocenters. The molecule has 422 valence electrons. The third-order valence-electron chi connectivity index (χ3n) is 19.5. The number of fused-ring (bicyclic) bond motifs is 9. The van der Waals surface area contributed by atoms with Gasteiger partial charge in [0.2, 0.25) is 0 Å². The average Bonchev–Trinajstić information content (AvgIpc) is 3.56. The second-order valence-corrected chi connectivity index (χ2v) is 24.5. The lowest BCUT2D eigenvalue weighted by Gasteiger charge is -2.34. The number of rotatable bonds is 32. The highest BCUT2D eigenvalue weighted by Crippen LogP contribution is 2.59. The Hall–Kier alpha value is -4.70. The molecule has 1 unspecified atom stereocenters. The zero-order valence-corrected chi connectivity index (χ0v) is 50.9. The predicted octanol–water partition coefficient (Wildman–Crippen LogP) is 22.0. The highest BCUT2D eigenvalue weighted by molar-refractivity contribution is 6.58. The van der Waals surface area contributed by atoms with Gasteiger partial charge in [-0.3, -0.25) is 0 Å². The summed E-state index contributed by atoms with van der Waals surface area (Å²) in [6.07, 6.45) is 35.8. The van der Waals surface area contributed by atoms with Crippen LogP contribution in [0.5, 0.6) is 0 Å². The van der Waals surface area contributed by atoms with Gasteiger partial charge in [-0.2, -0.15) is 0 Å². The maximum atomic E-state index is 10.6. The first-order valence-electron chi connectivity index (χ1n) is 32.9. The third kappa shape index (κ3) is 12.6. The standard InChI is InChI=1S/C74H97BO2.C2H6/c1-7-13-19-27-45-72(46-28-20-14-8-2)66-33-25-24-32-60(66)61-39-34-55(50-67(61)72)56-35-40-62-63-41-36-57(52-69(63)73(68(62)51-56,44-26-18-12-6)47-29-21-15-9-3)58-37-42-64-65-43-38-59(75(76)77)54-71(65)74(70(64)53-58,48-30-22-16-10-4)49-31-23-17-11-5;1-2/h24-25,32-43,50-54,76-77H,7-23,26-31,44-49H2,1-6H3;1-2H3. The van der Waals surface area contributed by atoms with Crippen LogP contribution in [0.25, 0.3) is 55.6 Å². The Bertz CT molecular complexity index is 2860. The molecule has 9 rings (SSSR count). The Morgan fingerprint density at radius 2 is 0.532 bits per heavy atom. The molecule has 3 heteroatoms. The van der Waals surface area contributed by atoms with Crippen molar-refractivity contribution < 1.29 is 10.0 Å². The maximum absolute atomic E-state index is 10.6. The first-order chi connectivity index (χ1) is 38.7. The molecule has 6 aromatic carbocycles. The van der Waals surface area contributed by atoms with E-state index in [-0.39, 0.29) is 16.2 Å².